The van der Waals surface area contributed by atoms with Crippen LogP contribution >= 0.6 is 0 Å². The lowest BCUT2D eigenvalue weighted by atomic mass is 9.98. The fourth-order valence-corrected chi connectivity index (χ4v) is 11.2. The summed E-state index contributed by atoms with van der Waals surface area (Å²) in [5, 5.41) is 22.9. The normalized spacial score (nSPS) is 15.7. The number of aromatic nitrogens is 6. The zero-order valence-corrected chi connectivity index (χ0v) is 51.5. The number of fused-ring (bicyclic) bond motifs is 4. The highest BCUT2D eigenvalue weighted by atomic mass is 16.5. The minimum absolute atomic E-state index is 0.0279. The molecule has 3 saturated heterocycles. The van der Waals surface area contributed by atoms with Gasteiger partial charge >= 0.3 is 12.1 Å². The van der Waals surface area contributed by atoms with Gasteiger partial charge in [-0.15, -0.1) is 0 Å². The van der Waals surface area contributed by atoms with Gasteiger partial charge in [0.1, 0.15) is 30.8 Å². The molecule has 468 valence electrons. The molecule has 0 unspecified atom stereocenters. The highest BCUT2D eigenvalue weighted by Gasteiger charge is 2.32. The minimum Gasteiger partial charge on any atom is -0.480 e. The molecular weight excluding hydrogens is 1130 g/mol. The lowest BCUT2D eigenvalue weighted by Crippen LogP contribution is -2.50. The van der Waals surface area contributed by atoms with Gasteiger partial charge in [-0.2, -0.15) is 5.10 Å². The number of hydrogen-bond donors (Lipinski definition) is 4. The largest absolute Gasteiger partial charge is 0.480 e. The van der Waals surface area contributed by atoms with Crippen LogP contribution in [0.25, 0.3) is 33.7 Å². The number of alkyl carbamates (subject to hydrolysis) is 1. The van der Waals surface area contributed by atoms with Crippen LogP contribution < -0.4 is 16.0 Å². The van der Waals surface area contributed by atoms with E-state index < -0.39 is 24.1 Å². The molecule has 21 heteroatoms. The summed E-state index contributed by atoms with van der Waals surface area (Å²) in [4.78, 5) is 69.7. The van der Waals surface area contributed by atoms with Gasteiger partial charge in [0.05, 0.1) is 57.4 Å². The number of carbonyl (C=O) groups excluding carboxylic acids is 3. The number of aliphatic carboxylic acids is 1. The first-order chi connectivity index (χ1) is 43.4. The monoisotopic (exact) mass is 1210 g/mol. The van der Waals surface area contributed by atoms with E-state index in [1.165, 1.54) is 11.9 Å². The van der Waals surface area contributed by atoms with Gasteiger partial charge in [0.25, 0.3) is 0 Å². The number of carbonyl (C=O) groups is 4. The Bertz CT molecular complexity index is 3510. The predicted octanol–water partition coefficient (Wildman–Crippen LogP) is 7.28. The van der Waals surface area contributed by atoms with E-state index in [1.807, 2.05) is 162 Å². The Balaban J connectivity index is 0.000000156. The van der Waals surface area contributed by atoms with Crippen LogP contribution in [0.1, 0.15) is 46.4 Å². The van der Waals surface area contributed by atoms with Gasteiger partial charge in [0.2, 0.25) is 11.8 Å². The summed E-state index contributed by atoms with van der Waals surface area (Å²) in [7, 11) is 5.89. The molecule has 0 spiro atoms. The maximum absolute atomic E-state index is 13.5. The first-order valence-corrected chi connectivity index (χ1v) is 30.5. The molecule has 5 aromatic carbocycles. The van der Waals surface area contributed by atoms with E-state index >= 15 is 0 Å². The summed E-state index contributed by atoms with van der Waals surface area (Å²) in [6, 6.07) is 43.7. The summed E-state index contributed by atoms with van der Waals surface area (Å²) in [6.07, 6.45) is 4.08. The number of nitrogens with zero attached hydrogens (tertiary/aromatic N) is 9. The Morgan fingerprint density at radius 3 is 1.56 bits per heavy atom. The van der Waals surface area contributed by atoms with Crippen LogP contribution in [0.15, 0.2) is 152 Å². The number of benzene rings is 5. The van der Waals surface area contributed by atoms with Crippen molar-refractivity contribution in [1.29, 1.82) is 0 Å². The van der Waals surface area contributed by atoms with Crippen LogP contribution in [0.2, 0.25) is 0 Å². The third-order valence-electron chi connectivity index (χ3n) is 16.2. The van der Waals surface area contributed by atoms with Gasteiger partial charge in [-0.3, -0.25) is 14.3 Å². The van der Waals surface area contributed by atoms with Crippen LogP contribution in [0, 0.1) is 6.92 Å². The molecule has 3 amide bonds. The number of anilines is 1. The molecule has 3 fully saturated rings. The van der Waals surface area contributed by atoms with Gasteiger partial charge in [0.15, 0.2) is 17.0 Å². The summed E-state index contributed by atoms with van der Waals surface area (Å²) in [5.41, 5.74) is 10.9. The first-order valence-electron chi connectivity index (χ1n) is 30.5. The van der Waals surface area contributed by atoms with Crippen LogP contribution in [-0.4, -0.2) is 191 Å². The molecular formula is C68H82N12O9. The number of rotatable bonds is 17. The van der Waals surface area contributed by atoms with E-state index in [0.29, 0.717) is 76.0 Å². The van der Waals surface area contributed by atoms with Crippen molar-refractivity contribution in [2.45, 2.75) is 63.7 Å². The average Bonchev–Trinajstić information content (AvgIpc) is 1.66. The average molecular weight is 1210 g/mol. The van der Waals surface area contributed by atoms with Crippen molar-refractivity contribution in [3.05, 3.63) is 186 Å². The van der Waals surface area contributed by atoms with E-state index in [-0.39, 0.29) is 36.8 Å². The number of amides is 3. The molecule has 89 heavy (non-hydrogen) atoms. The molecule has 8 aromatic rings. The Hall–Kier alpha value is -8.86. The van der Waals surface area contributed by atoms with Crippen molar-refractivity contribution in [3.8, 4) is 22.5 Å². The molecule has 4 N–H and O–H groups in total. The topological polar surface area (TPSA) is 233 Å². The maximum atomic E-state index is 13.5. The number of likely N-dealkylation sites (N-methyl/N-ethyl adjacent to an activating group) is 2. The molecule has 0 bridgehead atoms. The molecule has 21 nitrogen and oxygen atoms in total. The third-order valence-corrected chi connectivity index (χ3v) is 16.2. The molecule has 1 aliphatic carbocycles. The Morgan fingerprint density at radius 2 is 1.09 bits per heavy atom. The highest BCUT2D eigenvalue weighted by Crippen LogP contribution is 2.44. The fourth-order valence-electron chi connectivity index (χ4n) is 11.2. The number of morpholine rings is 3. The van der Waals surface area contributed by atoms with Gasteiger partial charge in [-0.25, -0.2) is 24.5 Å². The van der Waals surface area contributed by atoms with Crippen molar-refractivity contribution in [1.82, 2.24) is 54.6 Å². The third kappa shape index (κ3) is 17.3. The van der Waals surface area contributed by atoms with Crippen LogP contribution in [0.4, 0.5) is 10.6 Å². The number of aryl methyl sites for hydroxylation is 2. The predicted molar refractivity (Wildman–Crippen MR) is 341 cm³/mol. The quantitative estimate of drug-likeness (QED) is 0.0701. The highest BCUT2D eigenvalue weighted by molar-refractivity contribution is 5.91. The first kappa shape index (κ1) is 64.6. The number of imidazole rings is 1. The Kier molecular flexibility index (Phi) is 23.5. The van der Waals surface area contributed by atoms with Crippen molar-refractivity contribution >= 4 is 40.9 Å². The number of nitrogens with one attached hydrogen (secondary N) is 3. The Morgan fingerprint density at radius 1 is 0.618 bits per heavy atom. The van der Waals surface area contributed by atoms with Gasteiger partial charge in [0, 0.05) is 77.3 Å². The van der Waals surface area contributed by atoms with E-state index in [4.69, 9.17) is 23.9 Å². The lowest BCUT2D eigenvalue weighted by molar-refractivity contribution is -0.139. The number of carboxylic acid groups (broad SMARTS) is 1. The Labute approximate surface area is 520 Å². The van der Waals surface area contributed by atoms with Crippen molar-refractivity contribution in [3.63, 3.8) is 0 Å². The second kappa shape index (κ2) is 32.4. The number of hydrogen-bond acceptors (Lipinski definition) is 15. The number of ether oxygens (including phenoxy) is 4. The van der Waals surface area contributed by atoms with Crippen molar-refractivity contribution in [2.24, 2.45) is 7.05 Å². The lowest BCUT2D eigenvalue weighted by Gasteiger charge is -2.31. The second-order valence-electron chi connectivity index (χ2n) is 22.1. The van der Waals surface area contributed by atoms with E-state index in [0.717, 1.165) is 89.7 Å². The maximum Gasteiger partial charge on any atom is 0.407 e. The van der Waals surface area contributed by atoms with Crippen LogP contribution in [0.3, 0.4) is 0 Å². The molecule has 0 radical (unpaired) electrons. The molecule has 0 saturated carbocycles. The van der Waals surface area contributed by atoms with E-state index in [2.05, 4.69) is 74.2 Å². The van der Waals surface area contributed by atoms with E-state index in [1.54, 1.807) is 0 Å². The molecule has 3 atom stereocenters. The van der Waals surface area contributed by atoms with Crippen molar-refractivity contribution in [2.75, 3.05) is 105 Å². The minimum atomic E-state index is -1.10. The van der Waals surface area contributed by atoms with Crippen LogP contribution in [0.5, 0.6) is 0 Å². The summed E-state index contributed by atoms with van der Waals surface area (Å²) < 4.78 is 25.1. The zero-order valence-electron chi connectivity index (χ0n) is 51.5. The number of carboxylic acids is 1. The van der Waals surface area contributed by atoms with Gasteiger partial charge in [-0.05, 0) is 73.3 Å². The fraction of sp³-hybridized carbons (Fsp3) is 0.382. The van der Waals surface area contributed by atoms with Gasteiger partial charge in [-0.1, -0.05) is 140 Å². The van der Waals surface area contributed by atoms with Crippen molar-refractivity contribution < 1.29 is 43.2 Å². The summed E-state index contributed by atoms with van der Waals surface area (Å²) in [6.45, 7) is 14.0. The molecule has 12 rings (SSSR count). The summed E-state index contributed by atoms with van der Waals surface area (Å²) in [5.74, 6) is 0.345. The van der Waals surface area contributed by atoms with Gasteiger partial charge < -0.3 is 59.3 Å². The smallest absolute Gasteiger partial charge is 0.407 e. The zero-order chi connectivity index (χ0) is 62.5. The SMILES string of the molecule is CCn1ncc(-c2nc3c(N[C@H](Cc4ccccc4)C(=O)N4CCOCC4)ncnc3n2C)c1C.CN1CCOCC1.CN[C@H](Cc1ccccc1)C(=O)N1CCOCC1.O=C(N[C@H](Cc1ccccc1)C(=O)O)OCC1c2ccccc2-c2ccccc21. The molecule has 3 aliphatic heterocycles. The van der Waals surface area contributed by atoms with E-state index in [9.17, 15) is 24.3 Å². The molecule has 6 heterocycles. The molecule has 4 aliphatic rings. The standard InChI is InChI=1S/C25H30N8O2.C24H21NO4.C14H20N2O2.C5H11NO/c1-4-33-17(2)19(15-28-33)23-30-21-22(26-16-27-24(21)31(23)3)29-20(14-18-8-6-5-7-9-18)25(34)32-10-12-35-13-11-32;26-23(27)22(14-16-8-2-1-3-9-16)25-24(28)29-15-21-19-12-6-4-10-17(19)18-11-5-7-13-20(18)21;1-15-13(11-12-5-3-2-4-6-12)14(17)16-7-9-18-10-8-16;1-6-2-4-7-5-3-6/h5-9,15-16,20H,4,10-14H2,1-3H3,(H,26,27,29);1-13,21-22H,14-15H2,(H,25,28)(H,26,27);2-6,13,15H,7-11H2,1H3;2-5H2,1H3/t20-;22-;13-;/m111./s1. The molecule has 3 aromatic heterocycles. The second-order valence-corrected chi connectivity index (χ2v) is 22.1. The summed E-state index contributed by atoms with van der Waals surface area (Å²) >= 11 is 0. The van der Waals surface area contributed by atoms with Crippen LogP contribution in [-0.2, 0) is 66.2 Å².